The van der Waals surface area contributed by atoms with Crippen LogP contribution in [0.2, 0.25) is 0 Å². The maximum absolute atomic E-state index is 13.7. The summed E-state index contributed by atoms with van der Waals surface area (Å²) in [6, 6.07) is 8.75. The third kappa shape index (κ3) is 4.24. The number of carboxylic acids is 1. The van der Waals surface area contributed by atoms with Gasteiger partial charge < -0.3 is 20.6 Å². The van der Waals surface area contributed by atoms with Crippen LogP contribution in [0.4, 0.5) is 21.6 Å². The highest BCUT2D eigenvalue weighted by molar-refractivity contribution is 5.85. The number of hydrogen-bond acceptors (Lipinski definition) is 7. The number of hydrogen-bond donors (Lipinski definition) is 2. The minimum absolute atomic E-state index is 0.0394. The number of anilines is 3. The van der Waals surface area contributed by atoms with Crippen molar-refractivity contribution in [3.63, 3.8) is 0 Å². The number of aromatic nitrogens is 2. The van der Waals surface area contributed by atoms with Gasteiger partial charge in [0, 0.05) is 51.0 Å². The molecule has 2 aliphatic heterocycles. The predicted octanol–water partition coefficient (Wildman–Crippen LogP) is 1.69. The summed E-state index contributed by atoms with van der Waals surface area (Å²) in [4.78, 5) is 17.8. The molecular weight excluding hydrogens is 375 g/mol. The first-order chi connectivity index (χ1) is 14.0. The Morgan fingerprint density at radius 1 is 1.00 bits per heavy atom. The Bertz CT molecular complexity index is 862. The van der Waals surface area contributed by atoms with Crippen molar-refractivity contribution >= 4 is 23.2 Å². The maximum atomic E-state index is 13.7. The van der Waals surface area contributed by atoms with Gasteiger partial charge in [-0.05, 0) is 43.2 Å². The zero-order valence-electron chi connectivity index (χ0n) is 16.2. The average Bonchev–Trinajstić information content (AvgIpc) is 2.76. The van der Waals surface area contributed by atoms with E-state index in [1.54, 1.807) is 12.1 Å². The Kier molecular flexibility index (Phi) is 5.48. The van der Waals surface area contributed by atoms with Gasteiger partial charge in [-0.1, -0.05) is 0 Å². The maximum Gasteiger partial charge on any atom is 0.356 e. The summed E-state index contributed by atoms with van der Waals surface area (Å²) in [5.74, 6) is -0.705. The molecule has 0 atom stereocenters. The van der Waals surface area contributed by atoms with Gasteiger partial charge in [0.25, 0.3) is 0 Å². The molecular formula is C20H25FN6O2. The molecule has 1 aromatic carbocycles. The van der Waals surface area contributed by atoms with Crippen LogP contribution in [0.15, 0.2) is 30.3 Å². The highest BCUT2D eigenvalue weighted by Gasteiger charge is 2.28. The highest BCUT2D eigenvalue weighted by atomic mass is 19.1. The summed E-state index contributed by atoms with van der Waals surface area (Å²) < 4.78 is 13.7. The smallest absolute Gasteiger partial charge is 0.356 e. The van der Waals surface area contributed by atoms with Crippen LogP contribution < -0.4 is 15.5 Å². The third-order valence-electron chi connectivity index (χ3n) is 5.84. The SMILES string of the molecule is Nc1ccc(N2CCN(C3CCN(c4ccc(C(=O)O)nn4)CC3)CC2)cc1F. The van der Waals surface area contributed by atoms with Crippen molar-refractivity contribution in [3.05, 3.63) is 41.8 Å². The van der Waals surface area contributed by atoms with Gasteiger partial charge in [-0.3, -0.25) is 4.90 Å². The molecule has 2 fully saturated rings. The van der Waals surface area contributed by atoms with Crippen molar-refractivity contribution in [3.8, 4) is 0 Å². The first-order valence-electron chi connectivity index (χ1n) is 9.87. The monoisotopic (exact) mass is 400 g/mol. The molecule has 3 heterocycles. The molecule has 0 saturated carbocycles. The Morgan fingerprint density at radius 3 is 2.31 bits per heavy atom. The largest absolute Gasteiger partial charge is 0.476 e. The van der Waals surface area contributed by atoms with Crippen molar-refractivity contribution in [2.24, 2.45) is 0 Å². The van der Waals surface area contributed by atoms with Crippen LogP contribution >= 0.6 is 0 Å². The molecule has 0 amide bonds. The lowest BCUT2D eigenvalue weighted by Gasteiger charge is -2.43. The van der Waals surface area contributed by atoms with Crippen LogP contribution in [-0.2, 0) is 0 Å². The van der Waals surface area contributed by atoms with Gasteiger partial charge in [0.15, 0.2) is 11.5 Å². The Balaban J connectivity index is 1.28. The molecule has 0 radical (unpaired) electrons. The number of nitrogens with zero attached hydrogens (tertiary/aromatic N) is 5. The number of aromatic carboxylic acids is 1. The highest BCUT2D eigenvalue weighted by Crippen LogP contribution is 2.25. The molecule has 4 rings (SSSR count). The number of nitrogen functional groups attached to an aromatic ring is 1. The van der Waals surface area contributed by atoms with Crippen molar-refractivity contribution < 1.29 is 14.3 Å². The van der Waals surface area contributed by atoms with Gasteiger partial charge in [0.1, 0.15) is 5.82 Å². The van der Waals surface area contributed by atoms with Crippen molar-refractivity contribution in [1.82, 2.24) is 15.1 Å². The number of carboxylic acid groups (broad SMARTS) is 1. The average molecular weight is 400 g/mol. The van der Waals surface area contributed by atoms with E-state index in [0.717, 1.165) is 63.6 Å². The van der Waals surface area contributed by atoms with Gasteiger partial charge in [0.05, 0.1) is 5.69 Å². The Labute approximate surface area is 168 Å². The van der Waals surface area contributed by atoms with Crippen molar-refractivity contribution in [1.29, 1.82) is 0 Å². The fourth-order valence-electron chi connectivity index (χ4n) is 4.13. The summed E-state index contributed by atoms with van der Waals surface area (Å²) in [5, 5.41) is 16.8. The van der Waals surface area contributed by atoms with E-state index in [-0.39, 0.29) is 17.2 Å². The Hall–Kier alpha value is -2.94. The molecule has 8 nitrogen and oxygen atoms in total. The lowest BCUT2D eigenvalue weighted by Crippen LogP contribution is -2.53. The Morgan fingerprint density at radius 2 is 1.72 bits per heavy atom. The standard InChI is InChI=1S/C20H25FN6O2/c21-16-13-15(1-2-17(16)22)26-11-9-25(10-12-26)14-5-7-27(8-6-14)19-4-3-18(20(28)29)23-24-19/h1-4,13-14H,5-12,22H2,(H,28,29). The number of halogens is 1. The topological polar surface area (TPSA) is 98.8 Å². The molecule has 0 aliphatic carbocycles. The summed E-state index contributed by atoms with van der Waals surface area (Å²) >= 11 is 0. The molecule has 3 N–H and O–H groups in total. The van der Waals surface area contributed by atoms with E-state index in [4.69, 9.17) is 10.8 Å². The van der Waals surface area contributed by atoms with Crippen LogP contribution in [0.5, 0.6) is 0 Å². The molecule has 2 aromatic rings. The van der Waals surface area contributed by atoms with Crippen LogP contribution in [0.3, 0.4) is 0 Å². The van der Waals surface area contributed by atoms with Crippen LogP contribution in [0.25, 0.3) is 0 Å². The number of rotatable bonds is 4. The third-order valence-corrected chi connectivity index (χ3v) is 5.84. The van der Waals surface area contributed by atoms with E-state index in [0.29, 0.717) is 6.04 Å². The number of nitrogens with two attached hydrogens (primary N) is 1. The quantitative estimate of drug-likeness (QED) is 0.748. The molecule has 0 bridgehead atoms. The van der Waals surface area contributed by atoms with E-state index in [2.05, 4.69) is 24.9 Å². The van der Waals surface area contributed by atoms with Crippen molar-refractivity contribution in [2.75, 3.05) is 54.8 Å². The number of piperidine rings is 1. The molecule has 2 saturated heterocycles. The molecule has 0 unspecified atom stereocenters. The fourth-order valence-corrected chi connectivity index (χ4v) is 4.13. The van der Waals surface area contributed by atoms with E-state index < -0.39 is 5.97 Å². The zero-order valence-corrected chi connectivity index (χ0v) is 16.2. The lowest BCUT2D eigenvalue weighted by atomic mass is 10.0. The van der Waals surface area contributed by atoms with Gasteiger partial charge in [-0.25, -0.2) is 9.18 Å². The van der Waals surface area contributed by atoms with E-state index in [9.17, 15) is 9.18 Å². The van der Waals surface area contributed by atoms with Crippen LogP contribution in [0, 0.1) is 5.82 Å². The van der Waals surface area contributed by atoms with Crippen molar-refractivity contribution in [2.45, 2.75) is 18.9 Å². The zero-order chi connectivity index (χ0) is 20.4. The lowest BCUT2D eigenvalue weighted by molar-refractivity contribution is 0.0689. The molecule has 1 aromatic heterocycles. The summed E-state index contributed by atoms with van der Waals surface area (Å²) in [7, 11) is 0. The molecule has 9 heteroatoms. The molecule has 2 aliphatic rings. The summed E-state index contributed by atoms with van der Waals surface area (Å²) in [6.07, 6.45) is 2.05. The van der Waals surface area contributed by atoms with Crippen LogP contribution in [0.1, 0.15) is 23.3 Å². The second-order valence-electron chi connectivity index (χ2n) is 7.53. The molecule has 29 heavy (non-hydrogen) atoms. The fraction of sp³-hybridized carbons (Fsp3) is 0.450. The second kappa shape index (κ2) is 8.20. The summed E-state index contributed by atoms with van der Waals surface area (Å²) in [6.45, 7) is 5.37. The van der Waals surface area contributed by atoms with Gasteiger partial charge in [0.2, 0.25) is 0 Å². The summed E-state index contributed by atoms with van der Waals surface area (Å²) in [5.41, 5.74) is 6.60. The number of benzene rings is 1. The minimum atomic E-state index is -1.07. The van der Waals surface area contributed by atoms with E-state index in [1.165, 1.54) is 12.1 Å². The normalized spacial score (nSPS) is 18.8. The van der Waals surface area contributed by atoms with Crippen LogP contribution in [-0.4, -0.2) is 71.5 Å². The first kappa shape index (κ1) is 19.4. The number of piperazine rings is 1. The second-order valence-corrected chi connectivity index (χ2v) is 7.53. The first-order valence-corrected chi connectivity index (χ1v) is 9.87. The van der Waals surface area contributed by atoms with E-state index >= 15 is 0 Å². The molecule has 0 spiro atoms. The number of carbonyl (C=O) groups is 1. The van der Waals surface area contributed by atoms with Gasteiger partial charge in [-0.2, -0.15) is 0 Å². The predicted molar refractivity (Wildman–Crippen MR) is 109 cm³/mol. The minimum Gasteiger partial charge on any atom is -0.476 e. The van der Waals surface area contributed by atoms with Gasteiger partial charge in [-0.15, -0.1) is 10.2 Å². The van der Waals surface area contributed by atoms with E-state index in [1.807, 2.05) is 6.07 Å². The van der Waals surface area contributed by atoms with Gasteiger partial charge >= 0.3 is 5.97 Å². The molecule has 154 valence electrons.